The molecule has 0 saturated heterocycles. The first kappa shape index (κ1) is 10.4. The van der Waals surface area contributed by atoms with Crippen LogP contribution in [0, 0.1) is 12.5 Å². The van der Waals surface area contributed by atoms with Crippen LogP contribution in [-0.4, -0.2) is 18.5 Å². The first-order valence-corrected chi connectivity index (χ1v) is 5.02. The topological polar surface area (TPSA) is 21.7 Å². The monoisotopic (exact) mass is 215 g/mol. The van der Waals surface area contributed by atoms with Gasteiger partial charge >= 0.3 is 0 Å². The quantitative estimate of drug-likeness (QED) is 0.557. The summed E-state index contributed by atoms with van der Waals surface area (Å²) in [5.74, 6) is 2.97. The first-order valence-electron chi connectivity index (χ1n) is 5.02. The van der Waals surface area contributed by atoms with E-state index in [9.17, 15) is 0 Å². The highest BCUT2D eigenvalue weighted by Crippen LogP contribution is 2.34. The zero-order valence-electron chi connectivity index (χ0n) is 9.36. The van der Waals surface area contributed by atoms with Crippen molar-refractivity contribution in [3.63, 3.8) is 0 Å². The number of para-hydroxylation sites is 2. The third-order valence-electron chi connectivity index (χ3n) is 2.34. The first-order chi connectivity index (χ1) is 7.70. The molecular weight excluding hydrogens is 202 g/mol. The molecular formula is C13H13NO2. The second-order valence-electron chi connectivity index (χ2n) is 3.62. The Hall–Kier alpha value is -2.08. The van der Waals surface area contributed by atoms with Gasteiger partial charge in [0, 0.05) is 13.1 Å². The van der Waals surface area contributed by atoms with Crippen LogP contribution < -0.4 is 9.47 Å². The van der Waals surface area contributed by atoms with Gasteiger partial charge < -0.3 is 14.4 Å². The van der Waals surface area contributed by atoms with E-state index in [2.05, 4.69) is 6.04 Å². The summed E-state index contributed by atoms with van der Waals surface area (Å²) in [7, 11) is 1.82. The van der Waals surface area contributed by atoms with Crippen LogP contribution in [0.3, 0.4) is 0 Å². The minimum atomic E-state index is 0.538. The molecule has 82 valence electrons. The van der Waals surface area contributed by atoms with Gasteiger partial charge in [0.25, 0.3) is 0 Å². The molecule has 1 aliphatic rings. The molecule has 0 spiro atoms. The molecule has 0 aliphatic carbocycles. The van der Waals surface area contributed by atoms with E-state index in [1.54, 1.807) is 4.90 Å². The van der Waals surface area contributed by atoms with Crippen molar-refractivity contribution < 1.29 is 9.47 Å². The minimum absolute atomic E-state index is 0.538. The molecule has 0 bridgehead atoms. The van der Waals surface area contributed by atoms with Crippen LogP contribution in [0.5, 0.6) is 11.5 Å². The van der Waals surface area contributed by atoms with Gasteiger partial charge in [-0.1, -0.05) is 18.6 Å². The Labute approximate surface area is 95.3 Å². The van der Waals surface area contributed by atoms with Crippen LogP contribution >= 0.6 is 0 Å². The van der Waals surface area contributed by atoms with Crippen molar-refractivity contribution in [3.8, 4) is 24.0 Å². The fourth-order valence-corrected chi connectivity index (χ4v) is 1.45. The Kier molecular flexibility index (Phi) is 2.74. The average Bonchev–Trinajstić information content (AvgIpc) is 2.30. The van der Waals surface area contributed by atoms with Gasteiger partial charge in [0.15, 0.2) is 17.3 Å². The highest BCUT2D eigenvalue weighted by atomic mass is 16.6. The van der Waals surface area contributed by atoms with Crippen molar-refractivity contribution in [2.75, 3.05) is 13.6 Å². The smallest absolute Gasteiger partial charge is 0.169 e. The Morgan fingerprint density at radius 1 is 1.25 bits per heavy atom. The normalized spacial score (nSPS) is 13.3. The number of likely N-dealkylation sites (N-methyl/N-ethyl adjacent to an activating group) is 1. The summed E-state index contributed by atoms with van der Waals surface area (Å²) < 4.78 is 11.4. The lowest BCUT2D eigenvalue weighted by Crippen LogP contribution is -2.22. The van der Waals surface area contributed by atoms with E-state index in [1.807, 2.05) is 38.2 Å². The summed E-state index contributed by atoms with van der Waals surface area (Å²) in [5, 5.41) is 0. The molecule has 0 saturated carbocycles. The van der Waals surface area contributed by atoms with Crippen LogP contribution in [0.2, 0.25) is 0 Å². The molecule has 2 rings (SSSR count). The van der Waals surface area contributed by atoms with Crippen LogP contribution in [0.25, 0.3) is 0 Å². The zero-order valence-corrected chi connectivity index (χ0v) is 9.36. The summed E-state index contributed by atoms with van der Waals surface area (Å²) in [6.45, 7) is 2.41. The summed E-state index contributed by atoms with van der Waals surface area (Å²) in [4.78, 5) is 1.70. The Morgan fingerprint density at radius 3 is 2.50 bits per heavy atom. The van der Waals surface area contributed by atoms with E-state index in [-0.39, 0.29) is 0 Å². The van der Waals surface area contributed by atoms with Crippen LogP contribution in [0.1, 0.15) is 6.92 Å². The van der Waals surface area contributed by atoms with Crippen molar-refractivity contribution in [1.82, 2.24) is 4.90 Å². The number of fused-ring (bicyclic) bond motifs is 1. The molecule has 3 nitrogen and oxygen atoms in total. The Morgan fingerprint density at radius 2 is 1.88 bits per heavy atom. The molecule has 0 N–H and O–H groups in total. The van der Waals surface area contributed by atoms with Gasteiger partial charge in [-0.3, -0.25) is 0 Å². The number of hydrogen-bond acceptors (Lipinski definition) is 3. The Balaban J connectivity index is 2.21. The number of nitrogens with zero attached hydrogens (tertiary/aromatic N) is 1. The molecule has 0 atom stereocenters. The van der Waals surface area contributed by atoms with E-state index in [0.717, 1.165) is 23.0 Å². The number of hydrogen-bond donors (Lipinski definition) is 0. The molecule has 0 fully saturated rings. The lowest BCUT2D eigenvalue weighted by atomic mass is 10.3. The standard InChI is InChI=1S/C13H13NO2/c1-4-14(3)9-13-10(2)15-11-7-5-6-8-12(11)16-13/h1,5-8H,9H2,2-3H3. The molecule has 0 radical (unpaired) electrons. The molecule has 0 amide bonds. The summed E-state index contributed by atoms with van der Waals surface area (Å²) in [6.07, 6.45) is 5.29. The van der Waals surface area contributed by atoms with Gasteiger partial charge in [-0.2, -0.15) is 0 Å². The molecule has 1 heterocycles. The number of rotatable bonds is 2. The van der Waals surface area contributed by atoms with Crippen molar-refractivity contribution in [1.29, 1.82) is 0 Å². The van der Waals surface area contributed by atoms with Crippen molar-refractivity contribution in [2.24, 2.45) is 0 Å². The van der Waals surface area contributed by atoms with Gasteiger partial charge in [0.1, 0.15) is 5.76 Å². The van der Waals surface area contributed by atoms with Crippen molar-refractivity contribution in [3.05, 3.63) is 35.8 Å². The van der Waals surface area contributed by atoms with Gasteiger partial charge in [0.2, 0.25) is 0 Å². The second-order valence-corrected chi connectivity index (χ2v) is 3.62. The van der Waals surface area contributed by atoms with Gasteiger partial charge in [-0.25, -0.2) is 0 Å². The van der Waals surface area contributed by atoms with Crippen molar-refractivity contribution in [2.45, 2.75) is 6.92 Å². The predicted molar refractivity (Wildman–Crippen MR) is 61.9 cm³/mol. The maximum absolute atomic E-state index is 5.73. The SMILES string of the molecule is C#CN(C)CC1=C(C)Oc2ccccc2O1. The molecule has 0 aromatic heterocycles. The van der Waals surface area contributed by atoms with E-state index in [1.165, 1.54) is 0 Å². The van der Waals surface area contributed by atoms with Crippen molar-refractivity contribution >= 4 is 0 Å². The highest BCUT2D eigenvalue weighted by molar-refractivity contribution is 5.44. The van der Waals surface area contributed by atoms with Gasteiger partial charge in [-0.15, -0.1) is 0 Å². The number of ether oxygens (including phenoxy) is 2. The molecule has 0 unspecified atom stereocenters. The summed E-state index contributed by atoms with van der Waals surface area (Å²) in [5.41, 5.74) is 0. The maximum Gasteiger partial charge on any atom is 0.169 e. The number of allylic oxidation sites excluding steroid dienone is 1. The van der Waals surface area contributed by atoms with E-state index >= 15 is 0 Å². The lowest BCUT2D eigenvalue weighted by molar-refractivity contribution is 0.270. The maximum atomic E-state index is 5.73. The number of benzene rings is 1. The van der Waals surface area contributed by atoms with E-state index in [0.29, 0.717) is 6.54 Å². The Bertz CT molecular complexity index is 471. The van der Waals surface area contributed by atoms with Crippen LogP contribution in [0.15, 0.2) is 35.8 Å². The van der Waals surface area contributed by atoms with Gasteiger partial charge in [-0.05, 0) is 19.1 Å². The highest BCUT2D eigenvalue weighted by Gasteiger charge is 2.18. The fourth-order valence-electron chi connectivity index (χ4n) is 1.45. The third-order valence-corrected chi connectivity index (χ3v) is 2.34. The lowest BCUT2D eigenvalue weighted by Gasteiger charge is -2.23. The largest absolute Gasteiger partial charge is 0.454 e. The summed E-state index contributed by atoms with van der Waals surface area (Å²) >= 11 is 0. The second kappa shape index (κ2) is 4.19. The van der Waals surface area contributed by atoms with Crippen LogP contribution in [0.4, 0.5) is 0 Å². The molecule has 1 aliphatic heterocycles. The predicted octanol–water partition coefficient (Wildman–Crippen LogP) is 2.21. The minimum Gasteiger partial charge on any atom is -0.454 e. The zero-order chi connectivity index (χ0) is 11.5. The van der Waals surface area contributed by atoms with Crippen LogP contribution in [-0.2, 0) is 0 Å². The molecule has 1 aromatic carbocycles. The summed E-state index contributed by atoms with van der Waals surface area (Å²) in [6, 6.07) is 10.1. The van der Waals surface area contributed by atoms with E-state index in [4.69, 9.17) is 15.9 Å². The fraction of sp³-hybridized carbons (Fsp3) is 0.231. The third kappa shape index (κ3) is 1.96. The molecule has 16 heavy (non-hydrogen) atoms. The van der Waals surface area contributed by atoms with E-state index < -0.39 is 0 Å². The number of terminal acetylenes is 1. The average molecular weight is 215 g/mol. The molecule has 1 aromatic rings. The molecule has 3 heteroatoms. The van der Waals surface area contributed by atoms with Gasteiger partial charge in [0.05, 0.1) is 6.54 Å².